The van der Waals surface area contributed by atoms with Crippen molar-refractivity contribution >= 4 is 23.6 Å². The van der Waals surface area contributed by atoms with E-state index in [2.05, 4.69) is 9.88 Å². The summed E-state index contributed by atoms with van der Waals surface area (Å²) >= 11 is 1.78. The van der Waals surface area contributed by atoms with E-state index in [1.54, 1.807) is 24.0 Å². The molecule has 3 aliphatic heterocycles. The number of nitrogens with zero attached hydrogens (tertiary/aromatic N) is 3. The van der Waals surface area contributed by atoms with E-state index < -0.39 is 0 Å². The molecule has 2 bridgehead atoms. The topological polar surface area (TPSA) is 53.5 Å². The number of thioether (sulfide) groups is 1. The SMILES string of the molecule is O=C(c1ccccn1)N1C[C@H]2CC[C@@H](C1)N(C(=O)CSCC1CC1)C2. The van der Waals surface area contributed by atoms with Gasteiger partial charge in [-0.15, -0.1) is 0 Å². The highest BCUT2D eigenvalue weighted by Gasteiger charge is 2.38. The van der Waals surface area contributed by atoms with E-state index in [0.29, 0.717) is 23.9 Å². The Balaban J connectivity index is 1.39. The van der Waals surface area contributed by atoms with Gasteiger partial charge in [-0.2, -0.15) is 11.8 Å². The van der Waals surface area contributed by atoms with E-state index >= 15 is 0 Å². The Hall–Kier alpha value is -1.56. The number of carbonyl (C=O) groups is 2. The van der Waals surface area contributed by atoms with Crippen molar-refractivity contribution in [3.63, 3.8) is 0 Å². The third-order valence-electron chi connectivity index (χ3n) is 5.48. The molecule has 0 unspecified atom stereocenters. The van der Waals surface area contributed by atoms with E-state index in [9.17, 15) is 9.59 Å². The number of carbonyl (C=O) groups excluding carboxylic acids is 2. The molecule has 0 spiro atoms. The van der Waals surface area contributed by atoms with Crippen molar-refractivity contribution in [1.82, 2.24) is 14.8 Å². The average Bonchev–Trinajstić information content (AvgIpc) is 3.48. The summed E-state index contributed by atoms with van der Waals surface area (Å²) in [6, 6.07) is 5.61. The van der Waals surface area contributed by atoms with Gasteiger partial charge in [0.25, 0.3) is 5.91 Å². The maximum absolute atomic E-state index is 12.8. The van der Waals surface area contributed by atoms with Crippen LogP contribution in [0.25, 0.3) is 0 Å². The van der Waals surface area contributed by atoms with Crippen LogP contribution in [0, 0.1) is 11.8 Å². The molecule has 134 valence electrons. The van der Waals surface area contributed by atoms with E-state index in [-0.39, 0.29) is 17.9 Å². The summed E-state index contributed by atoms with van der Waals surface area (Å²) in [5.41, 5.74) is 0.502. The van der Waals surface area contributed by atoms with Crippen molar-refractivity contribution in [2.24, 2.45) is 11.8 Å². The molecule has 1 aliphatic carbocycles. The first-order chi connectivity index (χ1) is 12.2. The van der Waals surface area contributed by atoms with Crippen molar-refractivity contribution in [3.8, 4) is 0 Å². The molecular formula is C19H25N3O2S. The molecule has 0 N–H and O–H groups in total. The molecule has 3 saturated heterocycles. The third-order valence-corrected chi connectivity index (χ3v) is 6.64. The van der Waals surface area contributed by atoms with Crippen LogP contribution in [-0.2, 0) is 4.79 Å². The zero-order valence-corrected chi connectivity index (χ0v) is 15.3. The summed E-state index contributed by atoms with van der Waals surface area (Å²) in [4.78, 5) is 33.6. The molecule has 4 heterocycles. The maximum Gasteiger partial charge on any atom is 0.272 e. The highest BCUT2D eigenvalue weighted by Crippen LogP contribution is 2.33. The molecule has 5 rings (SSSR count). The smallest absolute Gasteiger partial charge is 0.272 e. The Labute approximate surface area is 153 Å². The van der Waals surface area contributed by atoms with Gasteiger partial charge in [0.2, 0.25) is 5.91 Å². The first kappa shape index (κ1) is 16.9. The van der Waals surface area contributed by atoms with Crippen molar-refractivity contribution in [2.45, 2.75) is 31.7 Å². The molecule has 2 amide bonds. The van der Waals surface area contributed by atoms with Crippen molar-refractivity contribution in [2.75, 3.05) is 31.1 Å². The summed E-state index contributed by atoms with van der Waals surface area (Å²) in [5, 5.41) is 0. The fraction of sp³-hybridized carbons (Fsp3) is 0.632. The van der Waals surface area contributed by atoms with Gasteiger partial charge in [0.05, 0.1) is 5.75 Å². The second kappa shape index (κ2) is 7.36. The van der Waals surface area contributed by atoms with Crippen LogP contribution in [-0.4, -0.2) is 63.8 Å². The number of amides is 2. The zero-order chi connectivity index (χ0) is 17.2. The molecule has 5 nitrogen and oxygen atoms in total. The third kappa shape index (κ3) is 4.00. The van der Waals surface area contributed by atoms with E-state index in [4.69, 9.17) is 0 Å². The molecule has 1 aromatic heterocycles. The molecule has 4 aliphatic rings. The molecular weight excluding hydrogens is 334 g/mol. The second-order valence-electron chi connectivity index (χ2n) is 7.53. The van der Waals surface area contributed by atoms with Gasteiger partial charge in [0.15, 0.2) is 0 Å². The summed E-state index contributed by atoms with van der Waals surface area (Å²) in [6.45, 7) is 2.19. The number of hydrogen-bond donors (Lipinski definition) is 0. The Morgan fingerprint density at radius 2 is 2.00 bits per heavy atom. The summed E-state index contributed by atoms with van der Waals surface area (Å²) in [6.07, 6.45) is 6.44. The quantitative estimate of drug-likeness (QED) is 0.809. The lowest BCUT2D eigenvalue weighted by atomic mass is 9.95. The molecule has 1 aromatic rings. The van der Waals surface area contributed by atoms with Crippen molar-refractivity contribution in [1.29, 1.82) is 0 Å². The predicted molar refractivity (Wildman–Crippen MR) is 98.4 cm³/mol. The van der Waals surface area contributed by atoms with E-state index in [0.717, 1.165) is 37.6 Å². The van der Waals surface area contributed by atoms with Gasteiger partial charge < -0.3 is 9.80 Å². The van der Waals surface area contributed by atoms with Gasteiger partial charge in [0, 0.05) is 31.9 Å². The van der Waals surface area contributed by atoms with Gasteiger partial charge >= 0.3 is 0 Å². The van der Waals surface area contributed by atoms with E-state index in [1.807, 2.05) is 17.0 Å². The van der Waals surface area contributed by atoms with Crippen LogP contribution in [0.3, 0.4) is 0 Å². The van der Waals surface area contributed by atoms with Crippen LogP contribution in [0.15, 0.2) is 24.4 Å². The number of hydrogen-bond acceptors (Lipinski definition) is 4. The standard InChI is InChI=1S/C19H25N3O2S/c23-18(13-25-12-14-4-5-14)22-10-15-6-7-16(22)11-21(9-15)19(24)17-3-1-2-8-20-17/h1-3,8,14-16H,4-7,9-13H2/t15-,16+/m1/s1. The normalized spacial score (nSPS) is 25.8. The van der Waals surface area contributed by atoms with Gasteiger partial charge in [-0.1, -0.05) is 6.07 Å². The minimum atomic E-state index is -0.00472. The molecule has 4 fully saturated rings. The maximum atomic E-state index is 12.8. The first-order valence-electron chi connectivity index (χ1n) is 9.28. The highest BCUT2D eigenvalue weighted by molar-refractivity contribution is 7.99. The fourth-order valence-corrected chi connectivity index (χ4v) is 5.01. The monoisotopic (exact) mass is 359 g/mol. The molecule has 25 heavy (non-hydrogen) atoms. The van der Waals surface area contributed by atoms with Crippen LogP contribution in [0.5, 0.6) is 0 Å². The summed E-state index contributed by atoms with van der Waals surface area (Å²) in [5.74, 6) is 3.21. The van der Waals surface area contributed by atoms with Gasteiger partial charge in [0.1, 0.15) is 5.69 Å². The molecule has 6 heteroatoms. The van der Waals surface area contributed by atoms with Crippen LogP contribution in [0.4, 0.5) is 0 Å². The number of piperidine rings is 1. The summed E-state index contributed by atoms with van der Waals surface area (Å²) < 4.78 is 0. The Morgan fingerprint density at radius 3 is 2.76 bits per heavy atom. The van der Waals surface area contributed by atoms with Crippen LogP contribution in [0.2, 0.25) is 0 Å². The predicted octanol–water partition coefficient (Wildman–Crippen LogP) is 2.29. The highest BCUT2D eigenvalue weighted by atomic mass is 32.2. The van der Waals surface area contributed by atoms with Crippen LogP contribution < -0.4 is 0 Å². The largest absolute Gasteiger partial charge is 0.337 e. The second-order valence-corrected chi connectivity index (χ2v) is 8.56. The summed E-state index contributed by atoms with van der Waals surface area (Å²) in [7, 11) is 0. The molecule has 1 saturated carbocycles. The number of aromatic nitrogens is 1. The van der Waals surface area contributed by atoms with Gasteiger partial charge in [-0.3, -0.25) is 14.6 Å². The van der Waals surface area contributed by atoms with Crippen LogP contribution in [0.1, 0.15) is 36.2 Å². The Bertz CT molecular complexity index is 635. The fourth-order valence-electron chi connectivity index (χ4n) is 3.88. The van der Waals surface area contributed by atoms with E-state index in [1.165, 1.54) is 12.8 Å². The van der Waals surface area contributed by atoms with Gasteiger partial charge in [-0.05, 0) is 55.4 Å². The van der Waals surface area contributed by atoms with Crippen LogP contribution >= 0.6 is 11.8 Å². The first-order valence-corrected chi connectivity index (χ1v) is 10.4. The molecule has 2 atom stereocenters. The van der Waals surface area contributed by atoms with Crippen molar-refractivity contribution < 1.29 is 9.59 Å². The molecule has 0 radical (unpaired) electrons. The minimum Gasteiger partial charge on any atom is -0.337 e. The molecule has 0 aromatic carbocycles. The van der Waals surface area contributed by atoms with Crippen molar-refractivity contribution in [3.05, 3.63) is 30.1 Å². The Morgan fingerprint density at radius 1 is 1.12 bits per heavy atom. The Kier molecular flexibility index (Phi) is 4.97. The lowest BCUT2D eigenvalue weighted by Crippen LogP contribution is -2.48. The average molecular weight is 359 g/mol. The van der Waals surface area contributed by atoms with Gasteiger partial charge in [-0.25, -0.2) is 0 Å². The number of pyridine rings is 1. The minimum absolute atomic E-state index is 0.00472. The lowest BCUT2D eigenvalue weighted by Gasteiger charge is -2.36. The number of rotatable bonds is 5. The number of fused-ring (bicyclic) bond motifs is 4. The lowest BCUT2D eigenvalue weighted by molar-refractivity contribution is -0.132. The zero-order valence-electron chi connectivity index (χ0n) is 14.5.